The lowest BCUT2D eigenvalue weighted by Gasteiger charge is -2.32. The van der Waals surface area contributed by atoms with Gasteiger partial charge in [0.2, 0.25) is 5.89 Å². The third-order valence-corrected chi connectivity index (χ3v) is 4.98. The van der Waals surface area contributed by atoms with Crippen molar-refractivity contribution < 1.29 is 4.52 Å². The van der Waals surface area contributed by atoms with Gasteiger partial charge in [-0.3, -0.25) is 4.90 Å². The number of likely N-dealkylation sites (tertiary alicyclic amines) is 1. The molecule has 0 bridgehead atoms. The van der Waals surface area contributed by atoms with E-state index in [4.69, 9.17) is 4.52 Å². The zero-order valence-corrected chi connectivity index (χ0v) is 13.4. The van der Waals surface area contributed by atoms with Gasteiger partial charge in [0.1, 0.15) is 0 Å². The van der Waals surface area contributed by atoms with E-state index in [-0.39, 0.29) is 0 Å². The first-order chi connectivity index (χ1) is 10.2. The third-order valence-electron chi connectivity index (χ3n) is 3.96. The fourth-order valence-corrected chi connectivity index (χ4v) is 3.65. The predicted octanol–water partition coefficient (Wildman–Crippen LogP) is 2.50. The lowest BCUT2D eigenvalue weighted by molar-refractivity contribution is 0.177. The molecule has 2 aromatic rings. The summed E-state index contributed by atoms with van der Waals surface area (Å²) in [5.41, 5.74) is 1.39. The average molecular weight is 306 g/mol. The molecule has 21 heavy (non-hydrogen) atoms. The Labute approximate surface area is 129 Å². The molecule has 1 atom stereocenters. The Balaban J connectivity index is 1.50. The maximum Gasteiger partial charge on any atom is 0.223 e. The van der Waals surface area contributed by atoms with Crippen molar-refractivity contribution in [2.24, 2.45) is 0 Å². The van der Waals surface area contributed by atoms with E-state index in [1.165, 1.54) is 23.3 Å². The number of aryl methyl sites for hydroxylation is 2. The van der Waals surface area contributed by atoms with E-state index in [2.05, 4.69) is 38.7 Å². The molecule has 114 valence electrons. The average Bonchev–Trinajstić information content (AvgIpc) is 3.06. The summed E-state index contributed by atoms with van der Waals surface area (Å²) in [7, 11) is 0. The Hall–Kier alpha value is -1.24. The van der Waals surface area contributed by atoms with Crippen LogP contribution in [0.1, 0.15) is 35.0 Å². The maximum atomic E-state index is 5.04. The van der Waals surface area contributed by atoms with Crippen molar-refractivity contribution in [3.63, 3.8) is 0 Å². The second-order valence-corrected chi connectivity index (χ2v) is 6.71. The van der Waals surface area contributed by atoms with E-state index in [0.717, 1.165) is 32.0 Å². The number of piperidine rings is 1. The van der Waals surface area contributed by atoms with Gasteiger partial charge in [0, 0.05) is 30.9 Å². The number of rotatable bonds is 5. The van der Waals surface area contributed by atoms with E-state index in [1.54, 1.807) is 0 Å². The van der Waals surface area contributed by atoms with Crippen molar-refractivity contribution in [1.29, 1.82) is 0 Å². The van der Waals surface area contributed by atoms with Gasteiger partial charge in [-0.25, -0.2) is 0 Å². The van der Waals surface area contributed by atoms with Crippen LogP contribution in [-0.4, -0.2) is 34.2 Å². The Bertz CT molecular complexity index is 580. The summed E-state index contributed by atoms with van der Waals surface area (Å²) < 4.78 is 5.04. The fourth-order valence-electron chi connectivity index (χ4n) is 2.79. The van der Waals surface area contributed by atoms with Crippen LogP contribution < -0.4 is 5.32 Å². The van der Waals surface area contributed by atoms with Gasteiger partial charge in [0.15, 0.2) is 5.82 Å². The second-order valence-electron chi connectivity index (χ2n) is 5.71. The molecular weight excluding hydrogens is 284 g/mol. The van der Waals surface area contributed by atoms with Crippen LogP contribution in [0.2, 0.25) is 0 Å². The van der Waals surface area contributed by atoms with Crippen LogP contribution >= 0.6 is 11.3 Å². The Morgan fingerprint density at radius 1 is 1.48 bits per heavy atom. The molecule has 0 saturated carbocycles. The van der Waals surface area contributed by atoms with Crippen LogP contribution in [-0.2, 0) is 13.1 Å². The molecule has 0 radical (unpaired) electrons. The van der Waals surface area contributed by atoms with E-state index in [0.29, 0.717) is 11.9 Å². The molecule has 2 aromatic heterocycles. The van der Waals surface area contributed by atoms with Crippen molar-refractivity contribution in [3.05, 3.63) is 33.6 Å². The van der Waals surface area contributed by atoms with Gasteiger partial charge in [-0.15, -0.1) is 11.3 Å². The Kier molecular flexibility index (Phi) is 4.67. The molecule has 1 saturated heterocycles. The molecule has 0 spiro atoms. The van der Waals surface area contributed by atoms with Crippen molar-refractivity contribution >= 4 is 11.3 Å². The molecule has 0 amide bonds. The summed E-state index contributed by atoms with van der Waals surface area (Å²) in [6.07, 6.45) is 2.46. The van der Waals surface area contributed by atoms with E-state index in [1.807, 2.05) is 18.3 Å². The molecule has 6 heteroatoms. The number of nitrogens with zero attached hydrogens (tertiary/aromatic N) is 3. The van der Waals surface area contributed by atoms with Gasteiger partial charge in [-0.2, -0.15) is 4.98 Å². The van der Waals surface area contributed by atoms with Crippen LogP contribution in [0.25, 0.3) is 0 Å². The van der Waals surface area contributed by atoms with Gasteiger partial charge >= 0.3 is 0 Å². The SMILES string of the molecule is Cc1nc(CN2CCC[C@H](NCc3sccc3C)C2)no1. The first-order valence-electron chi connectivity index (χ1n) is 7.48. The van der Waals surface area contributed by atoms with E-state index in [9.17, 15) is 0 Å². The fraction of sp³-hybridized carbons (Fsp3) is 0.600. The van der Waals surface area contributed by atoms with Gasteiger partial charge in [0.05, 0.1) is 6.54 Å². The predicted molar refractivity (Wildman–Crippen MR) is 83.2 cm³/mol. The number of hydrogen-bond donors (Lipinski definition) is 1. The Morgan fingerprint density at radius 3 is 3.10 bits per heavy atom. The highest BCUT2D eigenvalue weighted by Gasteiger charge is 2.21. The van der Waals surface area contributed by atoms with Crippen LogP contribution in [0, 0.1) is 13.8 Å². The zero-order chi connectivity index (χ0) is 14.7. The number of aromatic nitrogens is 2. The molecule has 0 unspecified atom stereocenters. The molecule has 1 aliphatic rings. The zero-order valence-electron chi connectivity index (χ0n) is 12.6. The summed E-state index contributed by atoms with van der Waals surface area (Å²) in [6, 6.07) is 2.74. The van der Waals surface area contributed by atoms with E-state index >= 15 is 0 Å². The second kappa shape index (κ2) is 6.68. The molecule has 3 rings (SSSR count). The monoisotopic (exact) mass is 306 g/mol. The molecule has 5 nitrogen and oxygen atoms in total. The van der Waals surface area contributed by atoms with Gasteiger partial charge < -0.3 is 9.84 Å². The number of nitrogens with one attached hydrogen (secondary N) is 1. The quantitative estimate of drug-likeness (QED) is 0.920. The molecule has 0 aliphatic carbocycles. The smallest absolute Gasteiger partial charge is 0.223 e. The van der Waals surface area contributed by atoms with Crippen molar-refractivity contribution in [1.82, 2.24) is 20.4 Å². The minimum atomic E-state index is 0.549. The summed E-state index contributed by atoms with van der Waals surface area (Å²) in [4.78, 5) is 8.14. The highest BCUT2D eigenvalue weighted by molar-refractivity contribution is 7.10. The molecule has 0 aromatic carbocycles. The molecule has 1 aliphatic heterocycles. The first-order valence-corrected chi connectivity index (χ1v) is 8.36. The molecule has 1 fully saturated rings. The molecule has 3 heterocycles. The highest BCUT2D eigenvalue weighted by atomic mass is 32.1. The minimum absolute atomic E-state index is 0.549. The van der Waals surface area contributed by atoms with Crippen LogP contribution in [0.15, 0.2) is 16.0 Å². The lowest BCUT2D eigenvalue weighted by Crippen LogP contribution is -2.45. The van der Waals surface area contributed by atoms with Gasteiger partial charge in [-0.1, -0.05) is 5.16 Å². The van der Waals surface area contributed by atoms with Gasteiger partial charge in [-0.05, 0) is 43.3 Å². The normalized spacial score (nSPS) is 20.0. The van der Waals surface area contributed by atoms with Crippen LogP contribution in [0.5, 0.6) is 0 Å². The third kappa shape index (κ3) is 3.90. The highest BCUT2D eigenvalue weighted by Crippen LogP contribution is 2.17. The minimum Gasteiger partial charge on any atom is -0.340 e. The van der Waals surface area contributed by atoms with Crippen molar-refractivity contribution in [3.8, 4) is 0 Å². The lowest BCUT2D eigenvalue weighted by atomic mass is 10.1. The van der Waals surface area contributed by atoms with E-state index < -0.39 is 0 Å². The van der Waals surface area contributed by atoms with Crippen molar-refractivity contribution in [2.45, 2.75) is 45.8 Å². The maximum absolute atomic E-state index is 5.04. The summed E-state index contributed by atoms with van der Waals surface area (Å²) >= 11 is 1.84. The number of hydrogen-bond acceptors (Lipinski definition) is 6. The van der Waals surface area contributed by atoms with Crippen LogP contribution in [0.3, 0.4) is 0 Å². The first kappa shape index (κ1) is 14.7. The summed E-state index contributed by atoms with van der Waals surface area (Å²) in [5, 5.41) is 9.84. The number of thiophene rings is 1. The van der Waals surface area contributed by atoms with Gasteiger partial charge in [0.25, 0.3) is 0 Å². The summed E-state index contributed by atoms with van der Waals surface area (Å²) in [6.45, 7) is 7.94. The topological polar surface area (TPSA) is 54.2 Å². The largest absolute Gasteiger partial charge is 0.340 e. The summed E-state index contributed by atoms with van der Waals surface area (Å²) in [5.74, 6) is 1.44. The standard InChI is InChI=1S/C15H22N4OS/c1-11-5-7-21-14(11)8-16-13-4-3-6-19(9-13)10-15-17-12(2)20-18-15/h5,7,13,16H,3-4,6,8-10H2,1-2H3/t13-/m0/s1. The molecular formula is C15H22N4OS. The molecule has 1 N–H and O–H groups in total. The van der Waals surface area contributed by atoms with Crippen LogP contribution in [0.4, 0.5) is 0 Å². The van der Waals surface area contributed by atoms with Crippen molar-refractivity contribution in [2.75, 3.05) is 13.1 Å². The Morgan fingerprint density at radius 2 is 2.38 bits per heavy atom.